The Kier molecular flexibility index (Phi) is 6.39. The van der Waals surface area contributed by atoms with Crippen LogP contribution in [0.4, 0.5) is 0 Å². The van der Waals surface area contributed by atoms with Gasteiger partial charge in [0.25, 0.3) is 0 Å². The third-order valence-corrected chi connectivity index (χ3v) is 2.70. The Balaban J connectivity index is 2.26. The lowest BCUT2D eigenvalue weighted by molar-refractivity contribution is 0.0622. The molecule has 4 nitrogen and oxygen atoms in total. The second-order valence-corrected chi connectivity index (χ2v) is 4.67. The lowest BCUT2D eigenvalue weighted by atomic mass is 10.0. The van der Waals surface area contributed by atoms with Crippen molar-refractivity contribution in [3.63, 3.8) is 0 Å². The molecule has 0 bridgehead atoms. The van der Waals surface area contributed by atoms with E-state index in [1.165, 1.54) is 0 Å². The van der Waals surface area contributed by atoms with E-state index < -0.39 is 5.60 Å². The second-order valence-electron chi connectivity index (χ2n) is 4.67. The maximum absolute atomic E-state index is 9.92. The van der Waals surface area contributed by atoms with E-state index in [0.717, 1.165) is 11.5 Å². The summed E-state index contributed by atoms with van der Waals surface area (Å²) in [5.41, 5.74) is -0.758. The van der Waals surface area contributed by atoms with Crippen molar-refractivity contribution in [3.8, 4) is 11.5 Å². The van der Waals surface area contributed by atoms with Crippen LogP contribution in [0.3, 0.4) is 0 Å². The van der Waals surface area contributed by atoms with Gasteiger partial charge in [-0.05, 0) is 25.5 Å². The summed E-state index contributed by atoms with van der Waals surface area (Å²) in [6.07, 6.45) is 2.28. The molecule has 0 aliphatic heterocycles. The van der Waals surface area contributed by atoms with Crippen LogP contribution in [0.5, 0.6) is 11.5 Å². The Hall–Kier alpha value is -1.52. The van der Waals surface area contributed by atoms with Gasteiger partial charge in [-0.1, -0.05) is 18.2 Å². The molecular formula is C15H23NO3. The number of rotatable bonds is 9. The van der Waals surface area contributed by atoms with Crippen molar-refractivity contribution < 1.29 is 14.6 Å². The van der Waals surface area contributed by atoms with Gasteiger partial charge in [0.1, 0.15) is 6.61 Å². The molecule has 1 aromatic carbocycles. The van der Waals surface area contributed by atoms with Crippen molar-refractivity contribution >= 4 is 0 Å². The van der Waals surface area contributed by atoms with E-state index in [2.05, 4.69) is 11.9 Å². The third kappa shape index (κ3) is 5.77. The normalized spacial score (nSPS) is 13.6. The fraction of sp³-hybridized carbons (Fsp3) is 0.467. The zero-order valence-corrected chi connectivity index (χ0v) is 11.7. The minimum absolute atomic E-state index is 0.508. The fourth-order valence-electron chi connectivity index (χ4n) is 1.71. The van der Waals surface area contributed by atoms with Crippen molar-refractivity contribution in [1.29, 1.82) is 0 Å². The first kappa shape index (κ1) is 15.5. The highest BCUT2D eigenvalue weighted by molar-refractivity contribution is 5.39. The largest absolute Gasteiger partial charge is 0.493 e. The lowest BCUT2D eigenvalue weighted by Crippen LogP contribution is -2.38. The summed E-state index contributed by atoms with van der Waals surface area (Å²) in [5, 5.41) is 13.1. The van der Waals surface area contributed by atoms with Gasteiger partial charge in [0.05, 0.1) is 12.7 Å². The van der Waals surface area contributed by atoms with Crippen LogP contribution < -0.4 is 14.8 Å². The Morgan fingerprint density at radius 3 is 2.68 bits per heavy atom. The molecule has 4 heteroatoms. The first-order valence-corrected chi connectivity index (χ1v) is 6.39. The quantitative estimate of drug-likeness (QED) is 0.529. The first-order chi connectivity index (χ1) is 9.09. The van der Waals surface area contributed by atoms with Crippen LogP contribution in [0.2, 0.25) is 0 Å². The van der Waals surface area contributed by atoms with Gasteiger partial charge in [0.2, 0.25) is 0 Å². The van der Waals surface area contributed by atoms with Crippen molar-refractivity contribution in [2.24, 2.45) is 0 Å². The molecule has 0 heterocycles. The van der Waals surface area contributed by atoms with E-state index in [4.69, 9.17) is 9.47 Å². The predicted octanol–water partition coefficient (Wildman–Crippen LogP) is 1.99. The zero-order valence-electron chi connectivity index (χ0n) is 11.7. The van der Waals surface area contributed by atoms with Crippen molar-refractivity contribution in [2.45, 2.75) is 18.9 Å². The Labute approximate surface area is 115 Å². The molecular weight excluding hydrogens is 242 g/mol. The number of para-hydroxylation sites is 2. The highest BCUT2D eigenvalue weighted by Crippen LogP contribution is 2.25. The van der Waals surface area contributed by atoms with E-state index in [1.54, 1.807) is 20.1 Å². The number of benzene rings is 1. The van der Waals surface area contributed by atoms with Crippen LogP contribution in [0, 0.1) is 0 Å². The molecule has 1 aromatic rings. The van der Waals surface area contributed by atoms with Crippen LogP contribution in [0.1, 0.15) is 13.3 Å². The molecule has 0 spiro atoms. The minimum atomic E-state index is -0.758. The Morgan fingerprint density at radius 2 is 2.05 bits per heavy atom. The minimum Gasteiger partial charge on any atom is -0.493 e. The van der Waals surface area contributed by atoms with Gasteiger partial charge < -0.3 is 19.9 Å². The van der Waals surface area contributed by atoms with Gasteiger partial charge in [-0.2, -0.15) is 0 Å². The van der Waals surface area contributed by atoms with E-state index in [0.29, 0.717) is 26.1 Å². The molecule has 0 amide bonds. The number of hydrogen-bond acceptors (Lipinski definition) is 4. The summed E-state index contributed by atoms with van der Waals surface area (Å²) in [4.78, 5) is 0. The van der Waals surface area contributed by atoms with Crippen LogP contribution in [-0.2, 0) is 0 Å². The van der Waals surface area contributed by atoms with Gasteiger partial charge in [-0.3, -0.25) is 0 Å². The molecule has 106 valence electrons. The molecule has 2 N–H and O–H groups in total. The third-order valence-electron chi connectivity index (χ3n) is 2.70. The average molecular weight is 265 g/mol. The number of aliphatic hydroxyl groups is 1. The first-order valence-electron chi connectivity index (χ1n) is 6.39. The molecule has 1 rings (SSSR count). The number of methoxy groups -OCH3 is 1. The van der Waals surface area contributed by atoms with Gasteiger partial charge in [-0.25, -0.2) is 0 Å². The van der Waals surface area contributed by atoms with Gasteiger partial charge in [0, 0.05) is 13.1 Å². The molecule has 1 atom stereocenters. The maximum Gasteiger partial charge on any atom is 0.161 e. The molecule has 0 fully saturated rings. The Bertz CT molecular complexity index is 391. The number of ether oxygens (including phenoxy) is 2. The van der Waals surface area contributed by atoms with Crippen LogP contribution in [0.25, 0.3) is 0 Å². The highest BCUT2D eigenvalue weighted by atomic mass is 16.5. The molecule has 19 heavy (non-hydrogen) atoms. The standard InChI is InChI=1S/C15H23NO3/c1-4-9-15(2,17)12-16-10-11-19-14-8-6-5-7-13(14)18-3/h4-8,16-17H,1,9-12H2,2-3H3/t15-/m1/s1. The predicted molar refractivity (Wildman–Crippen MR) is 76.8 cm³/mol. The summed E-state index contributed by atoms with van der Waals surface area (Å²) in [5.74, 6) is 1.45. The van der Waals surface area contributed by atoms with Gasteiger partial charge in [-0.15, -0.1) is 6.58 Å². The molecule has 0 saturated carbocycles. The molecule has 0 aliphatic rings. The van der Waals surface area contributed by atoms with Crippen LogP contribution in [0.15, 0.2) is 36.9 Å². The topological polar surface area (TPSA) is 50.7 Å². The van der Waals surface area contributed by atoms with Crippen LogP contribution in [-0.4, -0.2) is 37.5 Å². The van der Waals surface area contributed by atoms with Gasteiger partial charge >= 0.3 is 0 Å². The lowest BCUT2D eigenvalue weighted by Gasteiger charge is -2.22. The summed E-state index contributed by atoms with van der Waals surface area (Å²) < 4.78 is 10.8. The molecule has 0 aromatic heterocycles. The van der Waals surface area contributed by atoms with E-state index in [9.17, 15) is 5.11 Å². The number of nitrogens with one attached hydrogen (secondary N) is 1. The fourth-order valence-corrected chi connectivity index (χ4v) is 1.71. The van der Waals surface area contributed by atoms with Crippen molar-refractivity contribution in [3.05, 3.63) is 36.9 Å². The summed E-state index contributed by atoms with van der Waals surface area (Å²) >= 11 is 0. The van der Waals surface area contributed by atoms with Gasteiger partial charge in [0.15, 0.2) is 11.5 Å². The summed E-state index contributed by atoms with van der Waals surface area (Å²) in [7, 11) is 1.62. The summed E-state index contributed by atoms with van der Waals surface area (Å²) in [6.45, 7) is 7.09. The SMILES string of the molecule is C=CC[C@@](C)(O)CNCCOc1ccccc1OC. The smallest absolute Gasteiger partial charge is 0.161 e. The molecule has 0 aliphatic carbocycles. The molecule has 0 radical (unpaired) electrons. The zero-order chi connectivity index (χ0) is 14.1. The van der Waals surface area contributed by atoms with Crippen molar-refractivity contribution in [2.75, 3.05) is 26.8 Å². The van der Waals surface area contributed by atoms with Crippen LogP contribution >= 0.6 is 0 Å². The Morgan fingerprint density at radius 1 is 1.37 bits per heavy atom. The van der Waals surface area contributed by atoms with E-state index >= 15 is 0 Å². The molecule has 0 saturated heterocycles. The monoisotopic (exact) mass is 265 g/mol. The maximum atomic E-state index is 9.92. The average Bonchev–Trinajstić information content (AvgIpc) is 2.38. The molecule has 0 unspecified atom stereocenters. The number of hydrogen-bond donors (Lipinski definition) is 2. The summed E-state index contributed by atoms with van der Waals surface area (Å²) in [6, 6.07) is 7.53. The highest BCUT2D eigenvalue weighted by Gasteiger charge is 2.17. The van der Waals surface area contributed by atoms with E-state index in [-0.39, 0.29) is 0 Å². The van der Waals surface area contributed by atoms with Crippen molar-refractivity contribution in [1.82, 2.24) is 5.32 Å². The second kappa shape index (κ2) is 7.81. The van der Waals surface area contributed by atoms with E-state index in [1.807, 2.05) is 24.3 Å².